The summed E-state index contributed by atoms with van der Waals surface area (Å²) in [6, 6.07) is 0. The van der Waals surface area contributed by atoms with Gasteiger partial charge in [-0.3, -0.25) is 0 Å². The van der Waals surface area contributed by atoms with E-state index in [1.54, 1.807) is 0 Å². The fraction of sp³-hybridized carbons (Fsp3) is 1.00. The summed E-state index contributed by atoms with van der Waals surface area (Å²) >= 11 is 1.88. The van der Waals surface area contributed by atoms with Gasteiger partial charge in [-0.05, 0) is 24.7 Å². The fourth-order valence-corrected chi connectivity index (χ4v) is 2.08. The molecule has 0 nitrogen and oxygen atoms in total. The van der Waals surface area contributed by atoms with Gasteiger partial charge in [-0.2, -0.15) is 13.2 Å². The molecule has 0 saturated heterocycles. The van der Waals surface area contributed by atoms with Gasteiger partial charge in [0.25, 0.3) is 5.92 Å². The van der Waals surface area contributed by atoms with Crippen LogP contribution in [0.2, 0.25) is 0 Å². The van der Waals surface area contributed by atoms with E-state index < -0.39 is 23.4 Å². The molecule has 0 fully saturated rings. The van der Waals surface area contributed by atoms with Crippen molar-refractivity contribution in [2.45, 2.75) is 39.3 Å². The molecule has 0 spiro atoms. The molecule has 0 aliphatic carbocycles. The highest BCUT2D eigenvalue weighted by molar-refractivity contribution is 14.1. The average molecular weight is 344 g/mol. The Morgan fingerprint density at radius 1 is 1.07 bits per heavy atom. The third-order valence-electron chi connectivity index (χ3n) is 2.70. The Balaban J connectivity index is 5.00. The minimum absolute atomic E-state index is 0.0765. The summed E-state index contributed by atoms with van der Waals surface area (Å²) in [7, 11) is 0. The number of rotatable bonds is 4. The quantitative estimate of drug-likeness (QED) is 0.395. The first-order valence-electron chi connectivity index (χ1n) is 4.49. The molecule has 6 heteroatoms. The molecule has 0 aromatic heterocycles. The predicted octanol–water partition coefficient (Wildman–Crippen LogP) is 4.67. The summed E-state index contributed by atoms with van der Waals surface area (Å²) in [5.74, 6) is -5.01. The Morgan fingerprint density at radius 3 is 1.73 bits per heavy atom. The van der Waals surface area contributed by atoms with E-state index in [1.165, 1.54) is 0 Å². The van der Waals surface area contributed by atoms with Crippen LogP contribution in [0, 0.1) is 11.3 Å². The van der Waals surface area contributed by atoms with Crippen LogP contribution >= 0.6 is 22.6 Å². The van der Waals surface area contributed by atoms with Gasteiger partial charge in [0.15, 0.2) is 0 Å². The smallest absolute Gasteiger partial charge is 0.206 e. The summed E-state index contributed by atoms with van der Waals surface area (Å²) in [5.41, 5.74) is -2.98. The molecule has 0 aromatic rings. The summed E-state index contributed by atoms with van der Waals surface area (Å²) in [6.45, 7) is 2.26. The molecular formula is C9H14F5I. The summed E-state index contributed by atoms with van der Waals surface area (Å²) in [5, 5.41) is 0. The van der Waals surface area contributed by atoms with Crippen LogP contribution in [0.25, 0.3) is 0 Å². The first-order valence-corrected chi connectivity index (χ1v) is 6.01. The van der Waals surface area contributed by atoms with Gasteiger partial charge in [0.1, 0.15) is 5.41 Å². The van der Waals surface area contributed by atoms with E-state index in [0.717, 1.165) is 6.92 Å². The van der Waals surface area contributed by atoms with E-state index in [2.05, 4.69) is 0 Å². The second-order valence-electron chi connectivity index (χ2n) is 4.12. The fourth-order valence-electron chi connectivity index (χ4n) is 1.15. The molecule has 1 atom stereocenters. The van der Waals surface area contributed by atoms with Crippen LogP contribution in [0.1, 0.15) is 27.2 Å². The molecule has 0 bridgehead atoms. The number of hydrogen-bond acceptors (Lipinski definition) is 0. The predicted molar refractivity (Wildman–Crippen MR) is 57.5 cm³/mol. The Hall–Kier alpha value is 0.380. The van der Waals surface area contributed by atoms with Crippen LogP contribution in [0.5, 0.6) is 0 Å². The van der Waals surface area contributed by atoms with E-state index in [4.69, 9.17) is 0 Å². The molecule has 0 amide bonds. The highest BCUT2D eigenvalue weighted by Crippen LogP contribution is 2.52. The van der Waals surface area contributed by atoms with E-state index in [1.807, 2.05) is 22.6 Å². The Labute approximate surface area is 99.7 Å². The van der Waals surface area contributed by atoms with Crippen LogP contribution in [0.3, 0.4) is 0 Å². The molecule has 0 heterocycles. The van der Waals surface area contributed by atoms with Crippen molar-refractivity contribution in [3.8, 4) is 0 Å². The molecule has 0 aliphatic heterocycles. The van der Waals surface area contributed by atoms with Gasteiger partial charge < -0.3 is 0 Å². The van der Waals surface area contributed by atoms with Crippen LogP contribution < -0.4 is 0 Å². The van der Waals surface area contributed by atoms with Gasteiger partial charge in [0.2, 0.25) is 0 Å². The molecule has 0 rings (SSSR count). The van der Waals surface area contributed by atoms with Gasteiger partial charge in [-0.1, -0.05) is 29.5 Å². The highest BCUT2D eigenvalue weighted by Gasteiger charge is 2.64. The minimum atomic E-state index is -4.89. The average Bonchev–Trinajstić information content (AvgIpc) is 2.02. The van der Waals surface area contributed by atoms with Crippen molar-refractivity contribution < 1.29 is 22.0 Å². The van der Waals surface area contributed by atoms with Gasteiger partial charge >= 0.3 is 6.18 Å². The molecule has 0 saturated carbocycles. The lowest BCUT2D eigenvalue weighted by Gasteiger charge is -2.39. The monoisotopic (exact) mass is 344 g/mol. The van der Waals surface area contributed by atoms with Crippen molar-refractivity contribution >= 4 is 22.6 Å². The number of hydrogen-bond donors (Lipinski definition) is 0. The van der Waals surface area contributed by atoms with Crippen molar-refractivity contribution in [3.05, 3.63) is 0 Å². The summed E-state index contributed by atoms with van der Waals surface area (Å²) in [4.78, 5) is 0. The second kappa shape index (κ2) is 4.71. The first kappa shape index (κ1) is 15.4. The maximum absolute atomic E-state index is 13.6. The van der Waals surface area contributed by atoms with E-state index >= 15 is 0 Å². The van der Waals surface area contributed by atoms with Gasteiger partial charge in [0.05, 0.1) is 0 Å². The first-order chi connectivity index (χ1) is 6.48. The molecule has 0 aromatic carbocycles. The number of alkyl halides is 6. The standard InChI is InChI=1S/C9H14F5I/c1-6(4-5-15)8(10,11)7(2,3)9(12,13)14/h6H,4-5H2,1-3H3. The maximum Gasteiger partial charge on any atom is 0.399 e. The molecular weight excluding hydrogens is 330 g/mol. The van der Waals surface area contributed by atoms with Gasteiger partial charge in [-0.15, -0.1) is 0 Å². The topological polar surface area (TPSA) is 0 Å². The Morgan fingerprint density at radius 2 is 1.47 bits per heavy atom. The Bertz CT molecular complexity index is 209. The lowest BCUT2D eigenvalue weighted by molar-refractivity contribution is -0.298. The molecule has 0 radical (unpaired) electrons. The van der Waals surface area contributed by atoms with E-state index in [-0.39, 0.29) is 6.42 Å². The van der Waals surface area contributed by atoms with Gasteiger partial charge in [0, 0.05) is 5.92 Å². The summed E-state index contributed by atoms with van der Waals surface area (Å²) < 4.78 is 64.9. The summed E-state index contributed by atoms with van der Waals surface area (Å²) in [6.07, 6.45) is -4.82. The Kier molecular flexibility index (Phi) is 4.83. The van der Waals surface area contributed by atoms with Crippen molar-refractivity contribution in [2.75, 3.05) is 4.43 Å². The molecule has 1 unspecified atom stereocenters. The van der Waals surface area contributed by atoms with Crippen LogP contribution in [0.15, 0.2) is 0 Å². The van der Waals surface area contributed by atoms with Crippen molar-refractivity contribution in [2.24, 2.45) is 11.3 Å². The minimum Gasteiger partial charge on any atom is -0.206 e. The van der Waals surface area contributed by atoms with E-state index in [9.17, 15) is 22.0 Å². The zero-order chi connectivity index (χ0) is 12.5. The van der Waals surface area contributed by atoms with Crippen LogP contribution in [-0.4, -0.2) is 16.5 Å². The zero-order valence-electron chi connectivity index (χ0n) is 8.76. The highest BCUT2D eigenvalue weighted by atomic mass is 127. The number of halogens is 6. The van der Waals surface area contributed by atoms with Crippen molar-refractivity contribution in [1.29, 1.82) is 0 Å². The van der Waals surface area contributed by atoms with Crippen molar-refractivity contribution in [3.63, 3.8) is 0 Å². The van der Waals surface area contributed by atoms with Crippen molar-refractivity contribution in [1.82, 2.24) is 0 Å². The van der Waals surface area contributed by atoms with E-state index in [0.29, 0.717) is 18.3 Å². The molecule has 0 N–H and O–H groups in total. The molecule has 92 valence electrons. The largest absolute Gasteiger partial charge is 0.399 e. The second-order valence-corrected chi connectivity index (χ2v) is 5.20. The molecule has 0 aliphatic rings. The zero-order valence-corrected chi connectivity index (χ0v) is 10.9. The third kappa shape index (κ3) is 2.94. The lowest BCUT2D eigenvalue weighted by atomic mass is 9.77. The normalized spacial score (nSPS) is 16.6. The van der Waals surface area contributed by atoms with Crippen LogP contribution in [-0.2, 0) is 0 Å². The van der Waals surface area contributed by atoms with Gasteiger partial charge in [-0.25, -0.2) is 8.78 Å². The lowest BCUT2D eigenvalue weighted by Crippen LogP contribution is -2.51. The SMILES string of the molecule is CC(CCI)C(F)(F)C(C)(C)C(F)(F)F. The van der Waals surface area contributed by atoms with Crippen LogP contribution in [0.4, 0.5) is 22.0 Å². The maximum atomic E-state index is 13.6. The third-order valence-corrected chi connectivity index (χ3v) is 3.33. The molecule has 15 heavy (non-hydrogen) atoms.